The molecule has 40 heavy (non-hydrogen) atoms. The number of allylic oxidation sites excluding steroid dienone is 1. The first-order valence-electron chi connectivity index (χ1n) is 12.6. The Morgan fingerprint density at radius 3 is 2.60 bits per heavy atom. The van der Waals surface area contributed by atoms with Crippen molar-refractivity contribution in [2.45, 2.75) is 19.4 Å². The highest BCUT2D eigenvalue weighted by atomic mass is 16.5. The van der Waals surface area contributed by atoms with Crippen LogP contribution in [0.2, 0.25) is 0 Å². The Bertz CT molecular complexity index is 1630. The van der Waals surface area contributed by atoms with Crippen LogP contribution in [0, 0.1) is 6.92 Å². The van der Waals surface area contributed by atoms with Crippen LogP contribution in [0.15, 0.2) is 78.3 Å². The van der Waals surface area contributed by atoms with Gasteiger partial charge in [0.05, 0.1) is 26.0 Å². The predicted molar refractivity (Wildman–Crippen MR) is 153 cm³/mol. The fraction of sp³-hybridized carbons (Fsp3) is 0.167. The van der Waals surface area contributed by atoms with Crippen LogP contribution in [0.4, 0.5) is 11.8 Å². The summed E-state index contributed by atoms with van der Waals surface area (Å²) in [6.45, 7) is 1.96. The van der Waals surface area contributed by atoms with Crippen LogP contribution in [0.25, 0.3) is 0 Å². The first-order valence-corrected chi connectivity index (χ1v) is 12.6. The maximum Gasteiger partial charge on any atom is 0.221 e. The first kappa shape index (κ1) is 26.4. The summed E-state index contributed by atoms with van der Waals surface area (Å²) in [6, 6.07) is 15.3. The number of nitrogen functional groups attached to an aromatic ring is 2. The number of nitrogens with two attached hydrogens (primary N) is 2. The molecule has 0 aliphatic carbocycles. The molecule has 10 heteroatoms. The summed E-state index contributed by atoms with van der Waals surface area (Å²) < 4.78 is 11.1. The SMILES string of the molecule is COc1cc(Cc2cnc(N)nc2N)cc(C(=O)/C=C/N2N=Cc3ccccc3C2c2cccnc2C)c1OC. The zero-order valence-electron chi connectivity index (χ0n) is 22.4. The summed E-state index contributed by atoms with van der Waals surface area (Å²) in [5.74, 6) is 0.830. The molecule has 10 nitrogen and oxygen atoms in total. The number of benzene rings is 2. The molecule has 1 aliphatic rings. The molecule has 0 amide bonds. The molecule has 2 aromatic carbocycles. The number of ketones is 1. The molecule has 3 heterocycles. The lowest BCUT2D eigenvalue weighted by atomic mass is 9.92. The summed E-state index contributed by atoms with van der Waals surface area (Å²) in [4.78, 5) is 26.2. The Labute approximate surface area is 232 Å². The fourth-order valence-corrected chi connectivity index (χ4v) is 4.77. The first-order chi connectivity index (χ1) is 19.4. The van der Waals surface area contributed by atoms with E-state index < -0.39 is 0 Å². The van der Waals surface area contributed by atoms with Gasteiger partial charge >= 0.3 is 0 Å². The average molecular weight is 536 g/mol. The van der Waals surface area contributed by atoms with Gasteiger partial charge in [-0.15, -0.1) is 0 Å². The van der Waals surface area contributed by atoms with Gasteiger partial charge in [0.15, 0.2) is 17.3 Å². The van der Waals surface area contributed by atoms with Crippen LogP contribution in [-0.2, 0) is 6.42 Å². The number of carbonyl (C=O) groups is 1. The zero-order chi connectivity index (χ0) is 28.2. The van der Waals surface area contributed by atoms with Crippen LogP contribution >= 0.6 is 0 Å². The lowest BCUT2D eigenvalue weighted by Crippen LogP contribution is -2.25. The van der Waals surface area contributed by atoms with Crippen molar-refractivity contribution in [3.8, 4) is 11.5 Å². The van der Waals surface area contributed by atoms with Crippen molar-refractivity contribution >= 4 is 23.8 Å². The molecule has 4 aromatic rings. The summed E-state index contributed by atoms with van der Waals surface area (Å²) in [7, 11) is 3.02. The molecule has 0 spiro atoms. The highest BCUT2D eigenvalue weighted by molar-refractivity contribution is 6.07. The van der Waals surface area contributed by atoms with Gasteiger partial charge in [0.2, 0.25) is 5.95 Å². The molecule has 0 saturated heterocycles. The van der Waals surface area contributed by atoms with E-state index in [0.717, 1.165) is 27.9 Å². The minimum atomic E-state index is -0.283. The third kappa shape index (κ3) is 5.19. The number of rotatable bonds is 8. The smallest absolute Gasteiger partial charge is 0.221 e. The van der Waals surface area contributed by atoms with Gasteiger partial charge in [-0.1, -0.05) is 30.3 Å². The van der Waals surface area contributed by atoms with E-state index in [0.29, 0.717) is 29.0 Å². The molecule has 0 radical (unpaired) electrons. The molecule has 5 rings (SSSR count). The maximum atomic E-state index is 13.6. The second-order valence-corrected chi connectivity index (χ2v) is 9.21. The van der Waals surface area contributed by atoms with E-state index in [1.807, 2.05) is 37.3 Å². The number of aromatic nitrogens is 3. The molecular weight excluding hydrogens is 506 g/mol. The zero-order valence-corrected chi connectivity index (χ0v) is 22.4. The lowest BCUT2D eigenvalue weighted by molar-refractivity contribution is 0.104. The lowest BCUT2D eigenvalue weighted by Gasteiger charge is -2.32. The number of methoxy groups -OCH3 is 2. The fourth-order valence-electron chi connectivity index (χ4n) is 4.77. The monoisotopic (exact) mass is 535 g/mol. The van der Waals surface area contributed by atoms with E-state index in [-0.39, 0.29) is 23.6 Å². The average Bonchev–Trinajstić information content (AvgIpc) is 2.97. The van der Waals surface area contributed by atoms with Crippen molar-refractivity contribution in [3.05, 3.63) is 112 Å². The Kier molecular flexibility index (Phi) is 7.41. The van der Waals surface area contributed by atoms with Gasteiger partial charge in [-0.3, -0.25) is 14.8 Å². The minimum absolute atomic E-state index is 0.0948. The van der Waals surface area contributed by atoms with E-state index in [2.05, 4.69) is 26.1 Å². The second kappa shape index (κ2) is 11.2. The van der Waals surface area contributed by atoms with Crippen LogP contribution in [0.5, 0.6) is 11.5 Å². The van der Waals surface area contributed by atoms with Crippen LogP contribution < -0.4 is 20.9 Å². The molecule has 0 saturated carbocycles. The normalized spacial score (nSPS) is 14.3. The largest absolute Gasteiger partial charge is 0.493 e. The number of hydrogen-bond donors (Lipinski definition) is 2. The van der Waals surface area contributed by atoms with Crippen molar-refractivity contribution in [1.82, 2.24) is 20.0 Å². The van der Waals surface area contributed by atoms with E-state index in [4.69, 9.17) is 20.9 Å². The van der Waals surface area contributed by atoms with E-state index >= 15 is 0 Å². The number of hydrazone groups is 1. The number of ether oxygens (including phenoxy) is 2. The van der Waals surface area contributed by atoms with E-state index in [1.165, 1.54) is 20.3 Å². The van der Waals surface area contributed by atoms with E-state index in [9.17, 15) is 4.79 Å². The quantitative estimate of drug-likeness (QED) is 0.252. The van der Waals surface area contributed by atoms with Gasteiger partial charge in [0.25, 0.3) is 0 Å². The standard InChI is InChI=1S/C30H29N7O3/c1-18-22(9-6-11-33-18)27-23-8-5-4-7-20(23)17-35-37(27)12-10-25(38)24-14-19(15-26(39-2)28(24)40-3)13-21-16-34-30(32)36-29(21)31/h4-12,14-17,27H,13H2,1-3H3,(H4,31,32,34,36)/b12-10+. The number of pyridine rings is 1. The third-order valence-electron chi connectivity index (χ3n) is 6.72. The number of aryl methyl sites for hydroxylation is 1. The second-order valence-electron chi connectivity index (χ2n) is 9.21. The molecule has 4 N–H and O–H groups in total. The van der Waals surface area contributed by atoms with Gasteiger partial charge in [-0.2, -0.15) is 10.1 Å². The number of fused-ring (bicyclic) bond motifs is 1. The molecule has 2 aromatic heterocycles. The van der Waals surface area contributed by atoms with Crippen LogP contribution in [0.3, 0.4) is 0 Å². The molecule has 1 aliphatic heterocycles. The third-order valence-corrected chi connectivity index (χ3v) is 6.72. The highest BCUT2D eigenvalue weighted by Gasteiger charge is 2.27. The van der Waals surface area contributed by atoms with Gasteiger partial charge in [0, 0.05) is 53.5 Å². The summed E-state index contributed by atoms with van der Waals surface area (Å²) in [6.07, 6.45) is 8.64. The number of nitrogens with zero attached hydrogens (tertiary/aromatic N) is 5. The Morgan fingerprint density at radius 2 is 1.85 bits per heavy atom. The summed E-state index contributed by atoms with van der Waals surface area (Å²) >= 11 is 0. The van der Waals surface area contributed by atoms with Gasteiger partial charge in [0.1, 0.15) is 11.9 Å². The number of hydrogen-bond acceptors (Lipinski definition) is 10. The van der Waals surface area contributed by atoms with Crippen LogP contribution in [0.1, 0.15) is 49.9 Å². The van der Waals surface area contributed by atoms with Crippen molar-refractivity contribution in [2.24, 2.45) is 5.10 Å². The Hall–Kier alpha value is -5.25. The van der Waals surface area contributed by atoms with Crippen molar-refractivity contribution in [3.63, 3.8) is 0 Å². The van der Waals surface area contributed by atoms with Gasteiger partial charge in [-0.25, -0.2) is 4.98 Å². The minimum Gasteiger partial charge on any atom is -0.493 e. The Morgan fingerprint density at radius 1 is 1.05 bits per heavy atom. The molecule has 1 atom stereocenters. The predicted octanol–water partition coefficient (Wildman–Crippen LogP) is 4.09. The summed E-state index contributed by atoms with van der Waals surface area (Å²) in [5.41, 5.74) is 17.4. The topological polar surface area (TPSA) is 142 Å². The van der Waals surface area contributed by atoms with Crippen molar-refractivity contribution in [2.75, 3.05) is 25.7 Å². The van der Waals surface area contributed by atoms with E-state index in [1.54, 1.807) is 41.9 Å². The highest BCUT2D eigenvalue weighted by Crippen LogP contribution is 2.36. The Balaban J connectivity index is 1.50. The van der Waals surface area contributed by atoms with Crippen molar-refractivity contribution < 1.29 is 14.3 Å². The van der Waals surface area contributed by atoms with Crippen molar-refractivity contribution in [1.29, 1.82) is 0 Å². The molecule has 202 valence electrons. The van der Waals surface area contributed by atoms with Gasteiger partial charge < -0.3 is 20.9 Å². The van der Waals surface area contributed by atoms with Gasteiger partial charge in [-0.05, 0) is 36.2 Å². The molecule has 1 unspecified atom stereocenters. The van der Waals surface area contributed by atoms with Crippen LogP contribution in [-0.4, -0.2) is 46.2 Å². The number of carbonyl (C=O) groups excluding carboxylic acids is 1. The summed E-state index contributed by atoms with van der Waals surface area (Å²) in [5, 5.41) is 6.42. The molecule has 0 fully saturated rings. The number of anilines is 2. The maximum absolute atomic E-state index is 13.6. The molecular formula is C30H29N7O3. The molecule has 0 bridgehead atoms.